The Hall–Kier alpha value is 0.500. The molecule has 2 N–H and O–H groups in total. The van der Waals surface area contributed by atoms with Crippen LogP contribution in [-0.4, -0.2) is 31.1 Å². The van der Waals surface area contributed by atoms with Gasteiger partial charge < -0.3 is 10.6 Å². The molecule has 2 nitrogen and oxygen atoms in total. The van der Waals surface area contributed by atoms with Crippen LogP contribution in [0, 0.1) is 5.41 Å². The molecule has 0 aromatic rings. The number of hydrogen-bond donors (Lipinski definition) is 1. The Morgan fingerprint density at radius 1 is 1.27 bits per heavy atom. The summed E-state index contributed by atoms with van der Waals surface area (Å²) in [7, 11) is 2.18. The molecule has 0 amide bonds. The molecule has 0 bridgehead atoms. The van der Waals surface area contributed by atoms with Crippen molar-refractivity contribution in [2.24, 2.45) is 11.1 Å². The average Bonchev–Trinajstić information content (AvgIpc) is 1.58. The van der Waals surface area contributed by atoms with Crippen LogP contribution < -0.4 is 5.73 Å². The zero-order valence-electron chi connectivity index (χ0n) is 6.75. The first-order valence-electron chi connectivity index (χ1n) is 3.64. The Morgan fingerprint density at radius 2 is 1.73 bits per heavy atom. The number of halogens is 2. The molecule has 0 aromatic heterocycles. The molecule has 1 heterocycles. The van der Waals surface area contributed by atoms with Gasteiger partial charge in [-0.1, -0.05) is 0 Å². The van der Waals surface area contributed by atoms with Crippen molar-refractivity contribution >= 4 is 24.8 Å². The van der Waals surface area contributed by atoms with E-state index in [1.807, 2.05) is 0 Å². The van der Waals surface area contributed by atoms with Gasteiger partial charge in [0.05, 0.1) is 0 Å². The van der Waals surface area contributed by atoms with Gasteiger partial charge in [0.15, 0.2) is 0 Å². The van der Waals surface area contributed by atoms with Crippen LogP contribution in [0.15, 0.2) is 0 Å². The molecular weight excluding hydrogens is 183 g/mol. The third-order valence-corrected chi connectivity index (χ3v) is 2.60. The van der Waals surface area contributed by atoms with Crippen LogP contribution in [0.3, 0.4) is 0 Å². The lowest BCUT2D eigenvalue weighted by molar-refractivity contribution is -0.0559. The van der Waals surface area contributed by atoms with E-state index < -0.39 is 0 Å². The summed E-state index contributed by atoms with van der Waals surface area (Å²) in [6.45, 7) is 2.58. The number of nitrogens with two attached hydrogens (primary N) is 1. The first-order chi connectivity index (χ1) is 4.20. The minimum absolute atomic E-state index is 0. The van der Waals surface area contributed by atoms with Crippen LogP contribution in [0.25, 0.3) is 0 Å². The summed E-state index contributed by atoms with van der Waals surface area (Å²) in [4.78, 5) is 2.37. The van der Waals surface area contributed by atoms with Crippen LogP contribution >= 0.6 is 24.8 Å². The van der Waals surface area contributed by atoms with Gasteiger partial charge in [-0.2, -0.15) is 0 Å². The molecule has 1 aliphatic heterocycles. The molecule has 2 rings (SSSR count). The SMILES string of the molecule is CN1CC2(CC(N)C2)C1.Cl.Cl. The molecule has 0 aromatic carbocycles. The van der Waals surface area contributed by atoms with Gasteiger partial charge in [-0.3, -0.25) is 0 Å². The van der Waals surface area contributed by atoms with Crippen LogP contribution in [0.4, 0.5) is 0 Å². The maximum atomic E-state index is 5.69. The fraction of sp³-hybridized carbons (Fsp3) is 1.00. The van der Waals surface area contributed by atoms with Gasteiger partial charge in [0.2, 0.25) is 0 Å². The fourth-order valence-corrected chi connectivity index (χ4v) is 2.41. The van der Waals surface area contributed by atoms with E-state index >= 15 is 0 Å². The normalized spacial score (nSPS) is 27.8. The number of hydrogen-bond acceptors (Lipinski definition) is 2. The minimum Gasteiger partial charge on any atom is -0.328 e. The third-order valence-electron chi connectivity index (χ3n) is 2.60. The van der Waals surface area contributed by atoms with E-state index in [9.17, 15) is 0 Å². The Morgan fingerprint density at radius 3 is 2.00 bits per heavy atom. The van der Waals surface area contributed by atoms with Crippen molar-refractivity contribution in [2.45, 2.75) is 18.9 Å². The summed E-state index contributed by atoms with van der Waals surface area (Å²) in [5, 5.41) is 0. The van der Waals surface area contributed by atoms with Crippen molar-refractivity contribution in [1.82, 2.24) is 4.90 Å². The summed E-state index contributed by atoms with van der Waals surface area (Å²) < 4.78 is 0. The molecule has 2 fully saturated rings. The lowest BCUT2D eigenvalue weighted by Crippen LogP contribution is -2.63. The summed E-state index contributed by atoms with van der Waals surface area (Å²) in [5.74, 6) is 0. The van der Waals surface area contributed by atoms with Crippen LogP contribution in [-0.2, 0) is 0 Å². The van der Waals surface area contributed by atoms with Crippen molar-refractivity contribution in [3.63, 3.8) is 0 Å². The Bertz CT molecular complexity index is 109. The zero-order valence-corrected chi connectivity index (χ0v) is 8.38. The smallest absolute Gasteiger partial charge is 0.00513 e. The highest BCUT2D eigenvalue weighted by Gasteiger charge is 2.49. The van der Waals surface area contributed by atoms with E-state index in [2.05, 4.69) is 11.9 Å². The second-order valence-corrected chi connectivity index (χ2v) is 3.84. The van der Waals surface area contributed by atoms with Crippen molar-refractivity contribution in [3.05, 3.63) is 0 Å². The maximum absolute atomic E-state index is 5.69. The topological polar surface area (TPSA) is 29.3 Å². The molecule has 0 atom stereocenters. The second-order valence-electron chi connectivity index (χ2n) is 3.84. The summed E-state index contributed by atoms with van der Waals surface area (Å²) in [6, 6.07) is 0.527. The van der Waals surface area contributed by atoms with Gasteiger partial charge in [0.1, 0.15) is 0 Å². The zero-order chi connectivity index (χ0) is 6.48. The van der Waals surface area contributed by atoms with E-state index in [0.29, 0.717) is 11.5 Å². The van der Waals surface area contributed by atoms with Gasteiger partial charge in [0.25, 0.3) is 0 Å². The van der Waals surface area contributed by atoms with E-state index in [4.69, 9.17) is 5.73 Å². The highest BCUT2D eigenvalue weighted by Crippen LogP contribution is 2.46. The van der Waals surface area contributed by atoms with Crippen LogP contribution in [0.5, 0.6) is 0 Å². The molecule has 1 spiro atoms. The number of rotatable bonds is 0. The van der Waals surface area contributed by atoms with Crippen molar-refractivity contribution < 1.29 is 0 Å². The van der Waals surface area contributed by atoms with Crippen molar-refractivity contribution in [2.75, 3.05) is 20.1 Å². The van der Waals surface area contributed by atoms with E-state index in [1.165, 1.54) is 25.9 Å². The summed E-state index contributed by atoms with van der Waals surface area (Å²) in [6.07, 6.45) is 2.55. The van der Waals surface area contributed by atoms with Gasteiger partial charge in [-0.05, 0) is 25.3 Å². The Balaban J connectivity index is 0.000000500. The maximum Gasteiger partial charge on any atom is 0.00513 e. The van der Waals surface area contributed by atoms with Crippen molar-refractivity contribution in [1.29, 1.82) is 0 Å². The average molecular weight is 199 g/mol. The number of nitrogens with zero attached hydrogens (tertiary/aromatic N) is 1. The predicted molar refractivity (Wildman–Crippen MR) is 51.6 cm³/mol. The molecule has 0 unspecified atom stereocenters. The molecule has 68 valence electrons. The summed E-state index contributed by atoms with van der Waals surface area (Å²) in [5.41, 5.74) is 6.38. The van der Waals surface area contributed by atoms with E-state index in [0.717, 1.165) is 0 Å². The molecule has 11 heavy (non-hydrogen) atoms. The predicted octanol–water partition coefficient (Wildman–Crippen LogP) is 0.883. The summed E-state index contributed by atoms with van der Waals surface area (Å²) >= 11 is 0. The van der Waals surface area contributed by atoms with Gasteiger partial charge >= 0.3 is 0 Å². The molecule has 1 aliphatic carbocycles. The molecule has 1 saturated carbocycles. The first-order valence-corrected chi connectivity index (χ1v) is 3.64. The lowest BCUT2D eigenvalue weighted by Gasteiger charge is -2.57. The van der Waals surface area contributed by atoms with Crippen LogP contribution in [0.1, 0.15) is 12.8 Å². The third kappa shape index (κ3) is 1.81. The Labute approximate surface area is 80.3 Å². The number of likely N-dealkylation sites (tertiary alicyclic amines) is 1. The highest BCUT2D eigenvalue weighted by atomic mass is 35.5. The monoisotopic (exact) mass is 198 g/mol. The van der Waals surface area contributed by atoms with E-state index in [-0.39, 0.29) is 24.8 Å². The highest BCUT2D eigenvalue weighted by molar-refractivity contribution is 5.85. The second kappa shape index (κ2) is 3.48. The van der Waals surface area contributed by atoms with Gasteiger partial charge in [0, 0.05) is 19.1 Å². The molecule has 2 aliphatic rings. The standard InChI is InChI=1S/C7H14N2.2ClH/c1-9-4-7(5-9)2-6(8)3-7;;/h6H,2-5,8H2,1H3;2*1H. The largest absolute Gasteiger partial charge is 0.328 e. The lowest BCUT2D eigenvalue weighted by atomic mass is 9.61. The molecular formula is C7H16Cl2N2. The molecule has 4 heteroatoms. The van der Waals surface area contributed by atoms with Gasteiger partial charge in [-0.15, -0.1) is 24.8 Å². The fourth-order valence-electron chi connectivity index (χ4n) is 2.41. The van der Waals surface area contributed by atoms with Crippen LogP contribution in [0.2, 0.25) is 0 Å². The van der Waals surface area contributed by atoms with Gasteiger partial charge in [-0.25, -0.2) is 0 Å². The first kappa shape index (κ1) is 11.5. The molecule has 1 saturated heterocycles. The Kier molecular flexibility index (Phi) is 3.64. The minimum atomic E-state index is 0. The van der Waals surface area contributed by atoms with Crippen molar-refractivity contribution in [3.8, 4) is 0 Å². The molecule has 0 radical (unpaired) electrons. The van der Waals surface area contributed by atoms with E-state index in [1.54, 1.807) is 0 Å². The quantitative estimate of drug-likeness (QED) is 0.627.